The fourth-order valence-electron chi connectivity index (χ4n) is 3.95. The number of unbranched alkanes of at least 4 members (excludes halogenated alkanes) is 3. The van der Waals surface area contributed by atoms with Crippen molar-refractivity contribution in [2.75, 3.05) is 13.2 Å². The standard InChI is InChI=1S/C26H37NO5/c28-18-22(19-29)27-26(32)11-7-2-1-6-10-24-21(14-17-25(24)31)13-16-23(30)15-12-20-8-4-3-5-9-20/h3-5,8-9,13-14,16-17,21-24,28-30H,1-2,6-7,10-12,15,18-19H2,(H,27,32)/b16-13+/t21-,23-,24+/m0/s1. The molecular weight excluding hydrogens is 406 g/mol. The second kappa shape index (κ2) is 14.7. The minimum atomic E-state index is -0.592. The van der Waals surface area contributed by atoms with Crippen molar-refractivity contribution >= 4 is 11.7 Å². The van der Waals surface area contributed by atoms with Crippen LogP contribution in [-0.2, 0) is 16.0 Å². The van der Waals surface area contributed by atoms with Crippen LogP contribution in [0.1, 0.15) is 50.5 Å². The second-order valence-electron chi connectivity index (χ2n) is 8.50. The summed E-state index contributed by atoms with van der Waals surface area (Å²) in [4.78, 5) is 24.0. The molecule has 176 valence electrons. The predicted octanol–water partition coefficient (Wildman–Crippen LogP) is 2.72. The van der Waals surface area contributed by atoms with Crippen LogP contribution < -0.4 is 5.32 Å². The zero-order chi connectivity index (χ0) is 23.2. The van der Waals surface area contributed by atoms with Crippen molar-refractivity contribution < 1.29 is 24.9 Å². The smallest absolute Gasteiger partial charge is 0.220 e. The second-order valence-corrected chi connectivity index (χ2v) is 8.50. The molecule has 3 atom stereocenters. The van der Waals surface area contributed by atoms with Gasteiger partial charge >= 0.3 is 0 Å². The van der Waals surface area contributed by atoms with Crippen LogP contribution in [-0.4, -0.2) is 52.4 Å². The summed E-state index contributed by atoms with van der Waals surface area (Å²) in [6.45, 7) is -0.545. The Morgan fingerprint density at radius 3 is 2.50 bits per heavy atom. The maximum absolute atomic E-state index is 12.2. The van der Waals surface area contributed by atoms with Gasteiger partial charge in [-0.1, -0.05) is 67.8 Å². The molecule has 0 radical (unpaired) electrons. The number of carbonyl (C=O) groups excluding carboxylic acids is 2. The van der Waals surface area contributed by atoms with Crippen LogP contribution in [0.15, 0.2) is 54.6 Å². The molecular formula is C26H37NO5. The fraction of sp³-hybridized carbons (Fsp3) is 0.538. The van der Waals surface area contributed by atoms with Crippen LogP contribution in [0.2, 0.25) is 0 Å². The van der Waals surface area contributed by atoms with Gasteiger partial charge in [0.15, 0.2) is 5.78 Å². The number of benzene rings is 1. The Balaban J connectivity index is 1.64. The molecule has 0 unspecified atom stereocenters. The molecule has 0 saturated carbocycles. The zero-order valence-electron chi connectivity index (χ0n) is 18.7. The number of amides is 1. The number of hydrogen-bond acceptors (Lipinski definition) is 5. The van der Waals surface area contributed by atoms with E-state index in [-0.39, 0.29) is 36.7 Å². The molecule has 1 amide bonds. The summed E-state index contributed by atoms with van der Waals surface area (Å²) in [6, 6.07) is 9.49. The summed E-state index contributed by atoms with van der Waals surface area (Å²) in [5.41, 5.74) is 1.20. The van der Waals surface area contributed by atoms with Gasteiger partial charge in [-0.25, -0.2) is 0 Å². The van der Waals surface area contributed by atoms with Gasteiger partial charge in [-0.3, -0.25) is 9.59 Å². The van der Waals surface area contributed by atoms with Crippen molar-refractivity contribution in [2.24, 2.45) is 11.8 Å². The van der Waals surface area contributed by atoms with Crippen LogP contribution in [0.25, 0.3) is 0 Å². The molecule has 0 spiro atoms. The lowest BCUT2D eigenvalue weighted by Gasteiger charge is -2.16. The van der Waals surface area contributed by atoms with E-state index in [0.29, 0.717) is 12.8 Å². The Hall–Kier alpha value is -2.28. The molecule has 0 aliphatic heterocycles. The van der Waals surface area contributed by atoms with Crippen LogP contribution in [0, 0.1) is 11.8 Å². The number of nitrogens with one attached hydrogen (secondary N) is 1. The highest BCUT2D eigenvalue weighted by atomic mass is 16.3. The minimum Gasteiger partial charge on any atom is -0.394 e. The summed E-state index contributed by atoms with van der Waals surface area (Å²) < 4.78 is 0. The zero-order valence-corrected chi connectivity index (χ0v) is 18.7. The molecule has 4 N–H and O–H groups in total. The first kappa shape index (κ1) is 26.0. The molecule has 32 heavy (non-hydrogen) atoms. The molecule has 0 bridgehead atoms. The van der Waals surface area contributed by atoms with Gasteiger partial charge in [-0.05, 0) is 37.3 Å². The van der Waals surface area contributed by atoms with Crippen molar-refractivity contribution in [3.05, 3.63) is 60.2 Å². The molecule has 0 fully saturated rings. The lowest BCUT2D eigenvalue weighted by molar-refractivity contribution is -0.122. The Kier molecular flexibility index (Phi) is 11.9. The topological polar surface area (TPSA) is 107 Å². The van der Waals surface area contributed by atoms with Crippen molar-refractivity contribution in [1.82, 2.24) is 5.32 Å². The predicted molar refractivity (Wildman–Crippen MR) is 125 cm³/mol. The number of allylic oxidation sites excluding steroid dienone is 3. The fourth-order valence-corrected chi connectivity index (χ4v) is 3.95. The number of rotatable bonds is 15. The van der Waals surface area contributed by atoms with E-state index in [2.05, 4.69) is 17.4 Å². The van der Waals surface area contributed by atoms with E-state index >= 15 is 0 Å². The number of aliphatic hydroxyl groups excluding tert-OH is 3. The summed E-state index contributed by atoms with van der Waals surface area (Å²) in [5.74, 6) is -0.0413. The van der Waals surface area contributed by atoms with Crippen molar-refractivity contribution in [3.63, 3.8) is 0 Å². The summed E-state index contributed by atoms with van der Waals surface area (Å²) in [5, 5.41) is 30.8. The molecule has 1 aromatic rings. The average molecular weight is 444 g/mol. The first-order valence-electron chi connectivity index (χ1n) is 11.7. The van der Waals surface area contributed by atoms with Crippen LogP contribution in [0.3, 0.4) is 0 Å². The average Bonchev–Trinajstić information content (AvgIpc) is 3.16. The Labute approximate surface area is 191 Å². The Bertz CT molecular complexity index is 742. The van der Waals surface area contributed by atoms with Crippen LogP contribution in [0.5, 0.6) is 0 Å². The number of carbonyl (C=O) groups is 2. The van der Waals surface area contributed by atoms with Gasteiger partial charge in [0, 0.05) is 18.3 Å². The minimum absolute atomic E-state index is 0.0357. The summed E-state index contributed by atoms with van der Waals surface area (Å²) >= 11 is 0. The van der Waals surface area contributed by atoms with Crippen molar-refractivity contribution in [3.8, 4) is 0 Å². The van der Waals surface area contributed by atoms with E-state index in [0.717, 1.165) is 38.5 Å². The van der Waals surface area contributed by atoms with E-state index in [9.17, 15) is 14.7 Å². The van der Waals surface area contributed by atoms with Gasteiger partial charge in [0.1, 0.15) is 0 Å². The molecule has 6 nitrogen and oxygen atoms in total. The third-order valence-electron chi connectivity index (χ3n) is 5.91. The van der Waals surface area contributed by atoms with Crippen LogP contribution in [0.4, 0.5) is 0 Å². The third kappa shape index (κ3) is 9.47. The van der Waals surface area contributed by atoms with Gasteiger partial charge < -0.3 is 20.6 Å². The summed E-state index contributed by atoms with van der Waals surface area (Å²) in [7, 11) is 0. The van der Waals surface area contributed by atoms with E-state index in [1.165, 1.54) is 5.56 Å². The van der Waals surface area contributed by atoms with Gasteiger partial charge in [0.25, 0.3) is 0 Å². The highest BCUT2D eigenvalue weighted by Gasteiger charge is 2.27. The number of aliphatic hydroxyl groups is 3. The maximum atomic E-state index is 12.2. The molecule has 6 heteroatoms. The van der Waals surface area contributed by atoms with Crippen LogP contribution >= 0.6 is 0 Å². The first-order valence-corrected chi connectivity index (χ1v) is 11.7. The van der Waals surface area contributed by atoms with Gasteiger partial charge in [-0.15, -0.1) is 0 Å². The highest BCUT2D eigenvalue weighted by Crippen LogP contribution is 2.29. The van der Waals surface area contributed by atoms with Crippen molar-refractivity contribution in [2.45, 2.75) is 63.5 Å². The SMILES string of the molecule is O=C(CCCCCC[C@H]1C(=O)C=C[C@@H]1/C=C/[C@@H](O)CCc1ccccc1)NC(CO)CO. The van der Waals surface area contributed by atoms with E-state index in [1.54, 1.807) is 6.08 Å². The molecule has 0 aromatic heterocycles. The lowest BCUT2D eigenvalue weighted by atomic mass is 9.88. The molecule has 1 aliphatic carbocycles. The normalized spacial score (nSPS) is 19.2. The quantitative estimate of drug-likeness (QED) is 0.246. The molecule has 1 aliphatic rings. The molecule has 0 saturated heterocycles. The largest absolute Gasteiger partial charge is 0.394 e. The number of hydrogen-bond donors (Lipinski definition) is 4. The molecule has 0 heterocycles. The van der Waals surface area contributed by atoms with Gasteiger partial charge in [0.2, 0.25) is 5.91 Å². The third-order valence-corrected chi connectivity index (χ3v) is 5.91. The Morgan fingerprint density at radius 1 is 1.06 bits per heavy atom. The van der Waals surface area contributed by atoms with Gasteiger partial charge in [-0.2, -0.15) is 0 Å². The maximum Gasteiger partial charge on any atom is 0.220 e. The van der Waals surface area contributed by atoms with E-state index < -0.39 is 12.1 Å². The number of ketones is 1. The van der Waals surface area contributed by atoms with E-state index in [4.69, 9.17) is 10.2 Å². The first-order chi connectivity index (χ1) is 15.5. The highest BCUT2D eigenvalue weighted by molar-refractivity contribution is 5.94. The molecule has 2 rings (SSSR count). The van der Waals surface area contributed by atoms with E-state index in [1.807, 2.05) is 36.4 Å². The van der Waals surface area contributed by atoms with Crippen molar-refractivity contribution in [1.29, 1.82) is 0 Å². The molecule has 1 aromatic carbocycles. The van der Waals surface area contributed by atoms with Gasteiger partial charge in [0.05, 0.1) is 25.4 Å². The summed E-state index contributed by atoms with van der Waals surface area (Å²) in [6.07, 6.45) is 12.9. The Morgan fingerprint density at radius 2 is 1.78 bits per heavy atom. The number of aryl methyl sites for hydroxylation is 1. The monoisotopic (exact) mass is 443 g/mol. The lowest BCUT2D eigenvalue weighted by Crippen LogP contribution is -2.39.